The highest BCUT2D eigenvalue weighted by atomic mass is 79.9. The monoisotopic (exact) mass is 164 g/mol. The zero-order valence-electron chi connectivity index (χ0n) is 2.87. The molecule has 0 unspecified atom stereocenters. The van der Waals surface area contributed by atoms with Crippen LogP contribution in [0.5, 0.6) is 0 Å². The number of aromatic nitrogens is 2. The summed E-state index contributed by atoms with van der Waals surface area (Å²) >= 11 is 3.13. The van der Waals surface area contributed by atoms with Gasteiger partial charge in [0, 0.05) is 14.1 Å². The Morgan fingerprint density at radius 2 is 2.67 bits per heavy atom. The van der Waals surface area contributed by atoms with E-state index in [9.17, 15) is 0 Å². The lowest BCUT2D eigenvalue weighted by atomic mass is 11.1. The molecule has 0 spiro atoms. The van der Waals surface area contributed by atoms with Gasteiger partial charge < -0.3 is 0 Å². The lowest BCUT2D eigenvalue weighted by Crippen LogP contribution is -1.67. The minimum absolute atomic E-state index is 1.09. The van der Waals surface area contributed by atoms with Gasteiger partial charge in [0.05, 0.1) is 22.3 Å². The van der Waals surface area contributed by atoms with Crippen LogP contribution in [0.2, 0.25) is 0 Å². The van der Waals surface area contributed by atoms with E-state index in [4.69, 9.17) is 0 Å². The van der Waals surface area contributed by atoms with Crippen LogP contribution in [0.15, 0.2) is 12.0 Å². The summed E-state index contributed by atoms with van der Waals surface area (Å²) in [5, 5.41) is 3.79. The van der Waals surface area contributed by atoms with E-state index < -0.39 is 0 Å². The van der Waals surface area contributed by atoms with Crippen molar-refractivity contribution in [3.63, 3.8) is 0 Å². The maximum absolute atomic E-state index is 3.79. The molecule has 0 N–H and O–H groups in total. The summed E-state index contributed by atoms with van der Waals surface area (Å²) in [6.07, 6.45) is 1.75. The smallest absolute Gasteiger partial charge is 0.0796 e. The Labute approximate surface area is 45.7 Å². The van der Waals surface area contributed by atoms with Gasteiger partial charge in [-0.1, -0.05) is 0 Å². The number of halogens is 1. The first-order valence-corrected chi connectivity index (χ1v) is 3.04. The molecular weight excluding hydrogens is 163 g/mol. The molecule has 0 aliphatic heterocycles. The third kappa shape index (κ3) is 0.791. The zero-order chi connectivity index (χ0) is 4.41. The highest BCUT2D eigenvalue weighted by Gasteiger charge is 1.73. The second-order valence-electron chi connectivity index (χ2n) is 0.770. The van der Waals surface area contributed by atoms with Crippen molar-refractivity contribution in [1.29, 1.82) is 0 Å². The molecule has 32 valence electrons. The summed E-state index contributed by atoms with van der Waals surface area (Å²) in [7, 11) is 1.09. The first kappa shape index (κ1) is 4.28. The van der Waals surface area contributed by atoms with E-state index in [0.29, 0.717) is 0 Å². The van der Waals surface area contributed by atoms with Gasteiger partial charge in [-0.05, 0) is 0 Å². The molecule has 0 saturated carbocycles. The number of hydrogen-bond acceptors (Lipinski definition) is 1. The van der Waals surface area contributed by atoms with Gasteiger partial charge in [0.2, 0.25) is 0 Å². The van der Waals surface area contributed by atoms with Gasteiger partial charge in [0.1, 0.15) is 0 Å². The van der Waals surface area contributed by atoms with Crippen molar-refractivity contribution >= 4 is 24.5 Å². The lowest BCUT2D eigenvalue weighted by Gasteiger charge is -1.71. The molecule has 0 aliphatic carbocycles. The quantitative estimate of drug-likeness (QED) is 0.570. The third-order valence-electron chi connectivity index (χ3n) is 0.391. The average Bonchev–Trinajstić information content (AvgIpc) is 1.86. The Hall–Kier alpha value is 0.120. The van der Waals surface area contributed by atoms with Gasteiger partial charge in [0.25, 0.3) is 0 Å². The molecule has 1 rings (SSSR count). The van der Waals surface area contributed by atoms with Gasteiger partial charge in [-0.15, -0.1) is 0 Å². The molecule has 6 heavy (non-hydrogen) atoms. The van der Waals surface area contributed by atoms with Gasteiger partial charge in [-0.2, -0.15) is 8.57 Å². The summed E-state index contributed by atoms with van der Waals surface area (Å²) in [5.41, 5.74) is 0. The molecule has 0 aromatic carbocycles. The van der Waals surface area contributed by atoms with Gasteiger partial charge in [-0.25, -0.2) is 0 Å². The first-order chi connectivity index (χ1) is 2.89. The Bertz CT molecular complexity index is 115. The lowest BCUT2D eigenvalue weighted by molar-refractivity contribution is 1.11. The molecule has 0 aliphatic rings. The predicted octanol–water partition coefficient (Wildman–Crippen LogP) is 1.62. The highest BCUT2D eigenvalue weighted by molar-refractivity contribution is 9.08. The minimum Gasteiger partial charge on any atom is -0.180 e. The van der Waals surface area contributed by atoms with Crippen LogP contribution in [-0.4, -0.2) is 8.57 Å². The second kappa shape index (κ2) is 1.71. The molecule has 0 radical (unpaired) electrons. The van der Waals surface area contributed by atoms with Crippen molar-refractivity contribution in [3.05, 3.63) is 12.0 Å². The summed E-state index contributed by atoms with van der Waals surface area (Å²) in [5.74, 6) is 1.94. The molecular formula is C2H2BrN2P. The van der Waals surface area contributed by atoms with Crippen molar-refractivity contribution in [3.8, 4) is 0 Å². The Kier molecular flexibility index (Phi) is 1.22. The van der Waals surface area contributed by atoms with Crippen molar-refractivity contribution in [1.82, 2.24) is 8.57 Å². The van der Waals surface area contributed by atoms with E-state index in [0.717, 1.165) is 8.35 Å². The minimum atomic E-state index is 1.09. The molecule has 0 atom stereocenters. The molecule has 2 nitrogen and oxygen atoms in total. The number of nitrogens with zero attached hydrogens (tertiary/aromatic N) is 2. The topological polar surface area (TPSA) is 17.8 Å². The standard InChI is InChI=1S/C2H2BrN2P/c3-5-4-1-2-6-5/h1-2H. The van der Waals surface area contributed by atoms with E-state index in [1.807, 2.05) is 5.80 Å². The fraction of sp³-hybridized carbons (Fsp3) is 0. The Morgan fingerprint density at radius 1 is 1.83 bits per heavy atom. The fourth-order valence-corrected chi connectivity index (χ4v) is 0.971. The molecule has 4 heteroatoms. The van der Waals surface area contributed by atoms with Crippen molar-refractivity contribution in [2.75, 3.05) is 0 Å². The summed E-state index contributed by atoms with van der Waals surface area (Å²) in [4.78, 5) is 0. The third-order valence-corrected chi connectivity index (χ3v) is 1.68. The normalized spacial score (nSPS) is 10.2. The maximum atomic E-state index is 3.79. The zero-order valence-corrected chi connectivity index (χ0v) is 5.35. The van der Waals surface area contributed by atoms with E-state index in [1.54, 1.807) is 9.67 Å². The predicted molar refractivity (Wildman–Crippen MR) is 29.1 cm³/mol. The fourth-order valence-electron chi connectivity index (χ4n) is 0.199. The molecule has 0 bridgehead atoms. The van der Waals surface area contributed by atoms with Crippen LogP contribution < -0.4 is 0 Å². The van der Waals surface area contributed by atoms with Crippen LogP contribution in [0.4, 0.5) is 0 Å². The van der Waals surface area contributed by atoms with Crippen LogP contribution in [0.1, 0.15) is 0 Å². The number of rotatable bonds is 0. The van der Waals surface area contributed by atoms with E-state index >= 15 is 0 Å². The SMILES string of the molecule is Brn1nccp1. The van der Waals surface area contributed by atoms with Gasteiger partial charge in [-0.3, -0.25) is 0 Å². The largest absolute Gasteiger partial charge is 0.180 e. The summed E-state index contributed by atoms with van der Waals surface area (Å²) in [6.45, 7) is 0. The van der Waals surface area contributed by atoms with Crippen molar-refractivity contribution < 1.29 is 0 Å². The second-order valence-corrected chi connectivity index (χ2v) is 2.90. The summed E-state index contributed by atoms with van der Waals surface area (Å²) < 4.78 is 1.66. The molecule has 1 aromatic rings. The van der Waals surface area contributed by atoms with E-state index in [2.05, 4.69) is 21.2 Å². The average molecular weight is 165 g/mol. The van der Waals surface area contributed by atoms with Crippen LogP contribution in [0.25, 0.3) is 0 Å². The Morgan fingerprint density at radius 3 is 2.83 bits per heavy atom. The van der Waals surface area contributed by atoms with Crippen LogP contribution in [-0.2, 0) is 0 Å². The first-order valence-electron chi connectivity index (χ1n) is 1.42. The molecule has 1 aromatic heterocycles. The van der Waals surface area contributed by atoms with Crippen molar-refractivity contribution in [2.45, 2.75) is 0 Å². The Balaban J connectivity index is 3.05. The van der Waals surface area contributed by atoms with Crippen LogP contribution >= 0.6 is 24.5 Å². The van der Waals surface area contributed by atoms with Gasteiger partial charge in [0.15, 0.2) is 0 Å². The van der Waals surface area contributed by atoms with Crippen LogP contribution in [0, 0.1) is 0 Å². The van der Waals surface area contributed by atoms with E-state index in [-0.39, 0.29) is 0 Å². The molecule has 0 saturated heterocycles. The number of hydrogen-bond donors (Lipinski definition) is 0. The van der Waals surface area contributed by atoms with Crippen LogP contribution in [0.3, 0.4) is 0 Å². The van der Waals surface area contributed by atoms with E-state index in [1.165, 1.54) is 0 Å². The summed E-state index contributed by atoms with van der Waals surface area (Å²) in [6, 6.07) is 0. The van der Waals surface area contributed by atoms with Crippen molar-refractivity contribution in [2.24, 2.45) is 0 Å². The molecule has 0 fully saturated rings. The van der Waals surface area contributed by atoms with Gasteiger partial charge >= 0.3 is 0 Å². The molecule has 0 amide bonds. The highest BCUT2D eigenvalue weighted by Crippen LogP contribution is 2.03. The maximum Gasteiger partial charge on any atom is 0.0796 e. The molecule has 1 heterocycles.